The Morgan fingerprint density at radius 1 is 0.633 bits per heavy atom. The SMILES string of the molecule is CCCCCCCCCCCCCC(O)CC(CCCCCCCC)S(=O)(=O)[O-].[Na+]. The van der Waals surface area contributed by atoms with E-state index in [1.54, 1.807) is 0 Å². The minimum atomic E-state index is -4.32. The van der Waals surface area contributed by atoms with Crippen LogP contribution in [0.3, 0.4) is 0 Å². The van der Waals surface area contributed by atoms with Crippen molar-refractivity contribution in [1.82, 2.24) is 0 Å². The van der Waals surface area contributed by atoms with Crippen LogP contribution in [0.1, 0.15) is 142 Å². The van der Waals surface area contributed by atoms with Crippen LogP contribution in [-0.2, 0) is 10.1 Å². The van der Waals surface area contributed by atoms with Gasteiger partial charge in [0.25, 0.3) is 0 Å². The van der Waals surface area contributed by atoms with Crippen LogP contribution in [0.4, 0.5) is 0 Å². The topological polar surface area (TPSA) is 77.4 Å². The molecule has 0 heterocycles. The number of unbranched alkanes of at least 4 members (excludes halogenated alkanes) is 15. The number of aliphatic hydroxyl groups excluding tert-OH is 1. The van der Waals surface area contributed by atoms with Crippen molar-refractivity contribution in [3.63, 3.8) is 0 Å². The maximum atomic E-state index is 11.5. The van der Waals surface area contributed by atoms with Crippen molar-refractivity contribution < 1.29 is 47.6 Å². The van der Waals surface area contributed by atoms with Crippen LogP contribution in [0.2, 0.25) is 0 Å². The van der Waals surface area contributed by atoms with Gasteiger partial charge in [-0.2, -0.15) is 0 Å². The maximum Gasteiger partial charge on any atom is 1.00 e. The van der Waals surface area contributed by atoms with Gasteiger partial charge in [-0.3, -0.25) is 0 Å². The Morgan fingerprint density at radius 2 is 0.967 bits per heavy atom. The molecular weight excluding hydrogens is 407 g/mol. The number of hydrogen-bond donors (Lipinski definition) is 1. The van der Waals surface area contributed by atoms with Crippen molar-refractivity contribution in [2.24, 2.45) is 0 Å². The Kier molecular flexibility index (Phi) is 25.4. The first kappa shape index (κ1) is 33.0. The van der Waals surface area contributed by atoms with E-state index in [0.29, 0.717) is 12.8 Å². The summed E-state index contributed by atoms with van der Waals surface area (Å²) in [5, 5.41) is 9.28. The van der Waals surface area contributed by atoms with Gasteiger partial charge in [-0.15, -0.1) is 0 Å². The first-order valence-electron chi connectivity index (χ1n) is 12.5. The summed E-state index contributed by atoms with van der Waals surface area (Å²) in [6.07, 6.45) is 20.6. The van der Waals surface area contributed by atoms with Crippen LogP contribution in [0.15, 0.2) is 0 Å². The van der Waals surface area contributed by atoms with Gasteiger partial charge < -0.3 is 9.66 Å². The van der Waals surface area contributed by atoms with Crippen LogP contribution >= 0.6 is 0 Å². The number of rotatable bonds is 22. The van der Waals surface area contributed by atoms with Gasteiger partial charge in [-0.1, -0.05) is 123 Å². The molecule has 1 N–H and O–H groups in total. The van der Waals surface area contributed by atoms with Crippen molar-refractivity contribution in [2.45, 2.75) is 154 Å². The predicted octanol–water partition coefficient (Wildman–Crippen LogP) is 4.11. The van der Waals surface area contributed by atoms with E-state index in [-0.39, 0.29) is 36.0 Å². The fraction of sp³-hybridized carbons (Fsp3) is 1.00. The second kappa shape index (κ2) is 23.0. The van der Waals surface area contributed by atoms with Gasteiger partial charge in [0.15, 0.2) is 0 Å². The quantitative estimate of drug-likeness (QED) is 0.151. The van der Waals surface area contributed by atoms with Gasteiger partial charge in [-0.05, 0) is 19.3 Å². The molecule has 0 bridgehead atoms. The summed E-state index contributed by atoms with van der Waals surface area (Å²) in [4.78, 5) is 0. The zero-order valence-electron chi connectivity index (χ0n) is 20.4. The Labute approximate surface area is 210 Å². The Hall–Kier alpha value is 0.870. The molecule has 176 valence electrons. The van der Waals surface area contributed by atoms with E-state index in [2.05, 4.69) is 13.8 Å². The third-order valence-corrected chi connectivity index (χ3v) is 7.21. The molecule has 0 aromatic rings. The minimum Gasteiger partial charge on any atom is -0.748 e. The van der Waals surface area contributed by atoms with E-state index >= 15 is 0 Å². The van der Waals surface area contributed by atoms with E-state index in [9.17, 15) is 18.1 Å². The fourth-order valence-electron chi connectivity index (χ4n) is 4.00. The van der Waals surface area contributed by atoms with E-state index in [4.69, 9.17) is 0 Å². The second-order valence-corrected chi connectivity index (χ2v) is 10.5. The first-order valence-corrected chi connectivity index (χ1v) is 14.0. The van der Waals surface area contributed by atoms with Gasteiger partial charge in [0.1, 0.15) is 0 Å². The van der Waals surface area contributed by atoms with Gasteiger partial charge in [0.2, 0.25) is 0 Å². The molecule has 0 aromatic carbocycles. The van der Waals surface area contributed by atoms with Gasteiger partial charge in [0.05, 0.1) is 21.5 Å². The Morgan fingerprint density at radius 3 is 1.33 bits per heavy atom. The zero-order chi connectivity index (χ0) is 21.8. The van der Waals surface area contributed by atoms with E-state index in [0.717, 1.165) is 32.1 Å². The average Bonchev–Trinajstić information content (AvgIpc) is 2.67. The molecule has 0 fully saturated rings. The summed E-state index contributed by atoms with van der Waals surface area (Å²) in [6, 6.07) is 0. The molecule has 0 spiro atoms. The van der Waals surface area contributed by atoms with Crippen LogP contribution in [0.5, 0.6) is 0 Å². The van der Waals surface area contributed by atoms with Crippen molar-refractivity contribution in [1.29, 1.82) is 0 Å². The normalized spacial score (nSPS) is 13.7. The Balaban J connectivity index is 0. The van der Waals surface area contributed by atoms with Crippen molar-refractivity contribution in [2.75, 3.05) is 0 Å². The molecule has 6 heteroatoms. The van der Waals surface area contributed by atoms with Gasteiger partial charge >= 0.3 is 29.6 Å². The fourth-order valence-corrected chi connectivity index (χ4v) is 4.91. The number of hydrogen-bond acceptors (Lipinski definition) is 4. The molecule has 4 nitrogen and oxygen atoms in total. The molecule has 0 aliphatic rings. The average molecular weight is 457 g/mol. The smallest absolute Gasteiger partial charge is 0.748 e. The van der Waals surface area contributed by atoms with Crippen molar-refractivity contribution in [3.05, 3.63) is 0 Å². The second-order valence-electron chi connectivity index (χ2n) is 8.88. The van der Waals surface area contributed by atoms with Crippen LogP contribution < -0.4 is 29.6 Å². The molecule has 0 saturated heterocycles. The van der Waals surface area contributed by atoms with Gasteiger partial charge in [0, 0.05) is 0 Å². The van der Waals surface area contributed by atoms with Crippen LogP contribution in [0, 0.1) is 0 Å². The molecule has 0 rings (SSSR count). The summed E-state index contributed by atoms with van der Waals surface area (Å²) < 4.78 is 34.6. The Bertz CT molecular complexity index is 442. The van der Waals surface area contributed by atoms with Crippen molar-refractivity contribution in [3.8, 4) is 0 Å². The summed E-state index contributed by atoms with van der Waals surface area (Å²) in [6.45, 7) is 4.41. The molecule has 0 amide bonds. The van der Waals surface area contributed by atoms with E-state index in [1.807, 2.05) is 0 Å². The maximum absolute atomic E-state index is 11.5. The summed E-state index contributed by atoms with van der Waals surface area (Å²) in [5.41, 5.74) is 0. The molecule has 30 heavy (non-hydrogen) atoms. The summed E-state index contributed by atoms with van der Waals surface area (Å²) in [7, 11) is -4.32. The monoisotopic (exact) mass is 456 g/mol. The molecule has 0 radical (unpaired) electrons. The standard InChI is InChI=1S/C24H50O4S.Na/c1-3-5-7-9-11-12-13-14-15-16-18-20-23(25)22-24(29(26,27)28)21-19-17-10-8-6-4-2;/h23-25H,3-22H2,1-2H3,(H,26,27,28);/q;+1/p-1. The molecule has 2 atom stereocenters. The first-order chi connectivity index (χ1) is 13.9. The van der Waals surface area contributed by atoms with E-state index in [1.165, 1.54) is 77.0 Å². The third kappa shape index (κ3) is 22.1. The number of aliphatic hydroxyl groups is 1. The molecule has 0 saturated carbocycles. The zero-order valence-corrected chi connectivity index (χ0v) is 23.2. The van der Waals surface area contributed by atoms with E-state index < -0.39 is 21.5 Å². The molecule has 0 aliphatic carbocycles. The van der Waals surface area contributed by atoms with Gasteiger partial charge in [-0.25, -0.2) is 8.42 Å². The third-order valence-electron chi connectivity index (χ3n) is 5.96. The predicted molar refractivity (Wildman–Crippen MR) is 123 cm³/mol. The molecule has 0 aliphatic heterocycles. The van der Waals surface area contributed by atoms with Crippen LogP contribution in [0.25, 0.3) is 0 Å². The van der Waals surface area contributed by atoms with Crippen molar-refractivity contribution >= 4 is 10.1 Å². The largest absolute Gasteiger partial charge is 1.00 e. The molecular formula is C24H49NaO4S. The molecule has 2 unspecified atom stereocenters. The summed E-state index contributed by atoms with van der Waals surface area (Å²) >= 11 is 0. The molecule has 0 aromatic heterocycles. The minimum absolute atomic E-state index is 0. The van der Waals surface area contributed by atoms with Crippen LogP contribution in [-0.4, -0.2) is 29.4 Å². The summed E-state index contributed by atoms with van der Waals surface area (Å²) in [5.74, 6) is 0.